The summed E-state index contributed by atoms with van der Waals surface area (Å²) < 4.78 is 28.6. The van der Waals surface area contributed by atoms with Gasteiger partial charge in [-0.3, -0.25) is 13.9 Å². The minimum absolute atomic E-state index is 0.0523. The second kappa shape index (κ2) is 13.9. The van der Waals surface area contributed by atoms with Gasteiger partial charge in [0.15, 0.2) is 0 Å². The molecule has 3 aromatic rings. The lowest BCUT2D eigenvalue weighted by molar-refractivity contribution is -0.140. The van der Waals surface area contributed by atoms with Crippen LogP contribution in [-0.2, 0) is 26.2 Å². The highest BCUT2D eigenvalue weighted by Crippen LogP contribution is 2.28. The molecule has 12 heteroatoms. The van der Waals surface area contributed by atoms with Gasteiger partial charge in [-0.05, 0) is 80.4 Å². The van der Waals surface area contributed by atoms with Gasteiger partial charge in [-0.2, -0.15) is 0 Å². The first-order valence-corrected chi connectivity index (χ1v) is 15.4. The molecule has 0 saturated carbocycles. The standard InChI is InChI=1S/C28H29Cl4N3O4S/c1-4-26(28(37)33-18(2)3)34(16-19-8-9-22(31)15-25(19)32)27(36)17-35(23-7-5-6-21(30)14-23)40(38,39)24-12-10-20(29)11-13-24/h5-15,18,26H,4,16-17H2,1-3H3,(H,33,37)/t26-/m0/s1. The van der Waals surface area contributed by atoms with Crippen LogP contribution in [0.5, 0.6) is 0 Å². The van der Waals surface area contributed by atoms with E-state index in [0.29, 0.717) is 20.6 Å². The Morgan fingerprint density at radius 1 is 0.875 bits per heavy atom. The van der Waals surface area contributed by atoms with Gasteiger partial charge in [0.2, 0.25) is 11.8 Å². The van der Waals surface area contributed by atoms with Crippen molar-refractivity contribution in [3.05, 3.63) is 92.4 Å². The molecule has 0 aromatic heterocycles. The molecule has 0 aliphatic carbocycles. The fourth-order valence-corrected chi connectivity index (χ4v) is 6.21. The Balaban J connectivity index is 2.09. The predicted molar refractivity (Wildman–Crippen MR) is 162 cm³/mol. The normalized spacial score (nSPS) is 12.2. The molecule has 2 amide bonds. The zero-order valence-corrected chi connectivity index (χ0v) is 25.9. The summed E-state index contributed by atoms with van der Waals surface area (Å²) in [5, 5.41) is 4.21. The summed E-state index contributed by atoms with van der Waals surface area (Å²) in [6, 6.07) is 15.5. The van der Waals surface area contributed by atoms with Gasteiger partial charge < -0.3 is 10.2 Å². The second-order valence-electron chi connectivity index (χ2n) is 9.29. The van der Waals surface area contributed by atoms with Gasteiger partial charge in [-0.15, -0.1) is 0 Å². The Bertz CT molecular complexity index is 1470. The van der Waals surface area contributed by atoms with Gasteiger partial charge in [0.1, 0.15) is 12.6 Å². The number of halogens is 4. The topological polar surface area (TPSA) is 86.8 Å². The third-order valence-corrected chi connectivity index (χ3v) is 8.81. The van der Waals surface area contributed by atoms with Crippen LogP contribution in [0.1, 0.15) is 32.8 Å². The predicted octanol–water partition coefficient (Wildman–Crippen LogP) is 6.83. The van der Waals surface area contributed by atoms with Crippen LogP contribution in [0.15, 0.2) is 71.6 Å². The number of benzene rings is 3. The maximum atomic E-state index is 14.0. The van der Waals surface area contributed by atoms with Crippen molar-refractivity contribution >= 4 is 73.9 Å². The first-order valence-electron chi connectivity index (χ1n) is 12.4. The maximum absolute atomic E-state index is 14.0. The average molecular weight is 645 g/mol. The highest BCUT2D eigenvalue weighted by molar-refractivity contribution is 7.92. The molecule has 1 atom stereocenters. The van der Waals surface area contributed by atoms with Crippen LogP contribution in [0.3, 0.4) is 0 Å². The van der Waals surface area contributed by atoms with Crippen molar-refractivity contribution in [2.24, 2.45) is 0 Å². The molecule has 0 fully saturated rings. The molecule has 0 spiro atoms. The number of nitrogens with one attached hydrogen (secondary N) is 1. The molecular weight excluding hydrogens is 616 g/mol. The first kappa shape index (κ1) is 32.0. The molecule has 3 rings (SSSR count). The highest BCUT2D eigenvalue weighted by atomic mass is 35.5. The molecule has 0 bridgehead atoms. The fourth-order valence-electron chi connectivity index (χ4n) is 4.03. The number of amides is 2. The third-order valence-electron chi connectivity index (χ3n) is 5.95. The number of carbonyl (C=O) groups excluding carboxylic acids is 2. The number of rotatable bonds is 11. The monoisotopic (exact) mass is 643 g/mol. The number of hydrogen-bond donors (Lipinski definition) is 1. The van der Waals surface area contributed by atoms with E-state index in [1.165, 1.54) is 41.3 Å². The lowest BCUT2D eigenvalue weighted by atomic mass is 10.1. The number of carbonyl (C=O) groups is 2. The minimum atomic E-state index is -4.25. The zero-order valence-electron chi connectivity index (χ0n) is 22.1. The lowest BCUT2D eigenvalue weighted by Gasteiger charge is -2.33. The fraction of sp³-hybridized carbons (Fsp3) is 0.286. The number of hydrogen-bond acceptors (Lipinski definition) is 4. The number of nitrogens with zero attached hydrogens (tertiary/aromatic N) is 2. The summed E-state index contributed by atoms with van der Waals surface area (Å²) in [7, 11) is -4.25. The Morgan fingerprint density at radius 3 is 2.08 bits per heavy atom. The van der Waals surface area contributed by atoms with Gasteiger partial charge in [-0.25, -0.2) is 8.42 Å². The molecule has 40 heavy (non-hydrogen) atoms. The highest BCUT2D eigenvalue weighted by Gasteiger charge is 2.34. The van der Waals surface area contributed by atoms with E-state index in [1.807, 2.05) is 13.8 Å². The van der Waals surface area contributed by atoms with Gasteiger partial charge in [-0.1, -0.05) is 65.5 Å². The molecule has 0 aliphatic heterocycles. The van der Waals surface area contributed by atoms with Crippen molar-refractivity contribution in [1.29, 1.82) is 0 Å². The Hall–Kier alpha value is -2.49. The van der Waals surface area contributed by atoms with E-state index < -0.39 is 28.5 Å². The van der Waals surface area contributed by atoms with E-state index in [4.69, 9.17) is 46.4 Å². The molecule has 214 valence electrons. The van der Waals surface area contributed by atoms with Crippen LogP contribution in [0.25, 0.3) is 0 Å². The van der Waals surface area contributed by atoms with Gasteiger partial charge in [0.25, 0.3) is 10.0 Å². The first-order chi connectivity index (χ1) is 18.8. The molecule has 0 unspecified atom stereocenters. The Labute approximate surface area is 255 Å². The van der Waals surface area contributed by atoms with E-state index >= 15 is 0 Å². The molecule has 0 saturated heterocycles. The van der Waals surface area contributed by atoms with Gasteiger partial charge in [0, 0.05) is 32.7 Å². The molecule has 3 aromatic carbocycles. The third kappa shape index (κ3) is 8.04. The van der Waals surface area contributed by atoms with Crippen molar-refractivity contribution in [2.45, 2.75) is 50.7 Å². The van der Waals surface area contributed by atoms with E-state index in [0.717, 1.165) is 4.31 Å². The SMILES string of the molecule is CC[C@@H](C(=O)NC(C)C)N(Cc1ccc(Cl)cc1Cl)C(=O)CN(c1cccc(Cl)c1)S(=O)(=O)c1ccc(Cl)cc1. The van der Waals surface area contributed by atoms with Gasteiger partial charge >= 0.3 is 0 Å². The molecular formula is C28H29Cl4N3O4S. The van der Waals surface area contributed by atoms with E-state index in [9.17, 15) is 18.0 Å². The van der Waals surface area contributed by atoms with E-state index in [-0.39, 0.29) is 40.5 Å². The van der Waals surface area contributed by atoms with Crippen LogP contribution in [0, 0.1) is 0 Å². The summed E-state index contributed by atoms with van der Waals surface area (Å²) in [5.74, 6) is -0.986. The van der Waals surface area contributed by atoms with Crippen LogP contribution < -0.4 is 9.62 Å². The van der Waals surface area contributed by atoms with Crippen molar-refractivity contribution in [2.75, 3.05) is 10.8 Å². The van der Waals surface area contributed by atoms with Crippen LogP contribution >= 0.6 is 46.4 Å². The minimum Gasteiger partial charge on any atom is -0.352 e. The molecule has 1 N–H and O–H groups in total. The molecule has 0 radical (unpaired) electrons. The molecule has 7 nitrogen and oxygen atoms in total. The van der Waals surface area contributed by atoms with Crippen LogP contribution in [0.4, 0.5) is 5.69 Å². The quantitative estimate of drug-likeness (QED) is 0.248. The van der Waals surface area contributed by atoms with Gasteiger partial charge in [0.05, 0.1) is 10.6 Å². The summed E-state index contributed by atoms with van der Waals surface area (Å²) >= 11 is 24.6. The summed E-state index contributed by atoms with van der Waals surface area (Å²) in [6.07, 6.45) is 0.274. The zero-order chi connectivity index (χ0) is 29.6. The van der Waals surface area contributed by atoms with Crippen molar-refractivity contribution in [3.63, 3.8) is 0 Å². The summed E-state index contributed by atoms with van der Waals surface area (Å²) in [5.41, 5.74) is 0.727. The average Bonchev–Trinajstić information content (AvgIpc) is 2.88. The Morgan fingerprint density at radius 2 is 1.50 bits per heavy atom. The molecule has 0 aliphatic rings. The smallest absolute Gasteiger partial charge is 0.264 e. The van der Waals surface area contributed by atoms with E-state index in [2.05, 4.69) is 5.32 Å². The van der Waals surface area contributed by atoms with Crippen molar-refractivity contribution in [1.82, 2.24) is 10.2 Å². The van der Waals surface area contributed by atoms with E-state index in [1.54, 1.807) is 37.3 Å². The lowest BCUT2D eigenvalue weighted by Crippen LogP contribution is -2.53. The maximum Gasteiger partial charge on any atom is 0.264 e. The van der Waals surface area contributed by atoms with Crippen LogP contribution in [-0.4, -0.2) is 43.8 Å². The molecule has 0 heterocycles. The largest absolute Gasteiger partial charge is 0.352 e. The van der Waals surface area contributed by atoms with Crippen molar-refractivity contribution in [3.8, 4) is 0 Å². The number of sulfonamides is 1. The second-order valence-corrected chi connectivity index (χ2v) is 12.9. The van der Waals surface area contributed by atoms with Crippen molar-refractivity contribution < 1.29 is 18.0 Å². The van der Waals surface area contributed by atoms with Crippen LogP contribution in [0.2, 0.25) is 20.1 Å². The number of anilines is 1. The summed E-state index contributed by atoms with van der Waals surface area (Å²) in [6.45, 7) is 4.73. The summed E-state index contributed by atoms with van der Waals surface area (Å²) in [4.78, 5) is 28.5. The Kier molecular flexibility index (Phi) is 11.1.